The van der Waals surface area contributed by atoms with Gasteiger partial charge in [0, 0.05) is 24.7 Å². The maximum absolute atomic E-state index is 5.89. The number of rotatable bonds is 2. The van der Waals surface area contributed by atoms with Gasteiger partial charge in [0.25, 0.3) is 0 Å². The lowest BCUT2D eigenvalue weighted by molar-refractivity contribution is 0.0394. The molecule has 0 radical (unpaired) electrons. The van der Waals surface area contributed by atoms with E-state index < -0.39 is 0 Å². The molecule has 0 amide bonds. The van der Waals surface area contributed by atoms with Crippen molar-refractivity contribution >= 4 is 28.2 Å². The Morgan fingerprint density at radius 2 is 2.27 bits per heavy atom. The van der Waals surface area contributed by atoms with Crippen LogP contribution in [-0.4, -0.2) is 44.4 Å². The van der Waals surface area contributed by atoms with E-state index in [-0.39, 0.29) is 6.10 Å². The van der Waals surface area contributed by atoms with Crippen LogP contribution >= 0.6 is 11.3 Å². The van der Waals surface area contributed by atoms with Crippen LogP contribution in [0.4, 0.5) is 5.82 Å². The molecule has 4 rings (SSSR count). The summed E-state index contributed by atoms with van der Waals surface area (Å²) in [7, 11) is 1.89. The molecule has 0 unspecified atom stereocenters. The fraction of sp³-hybridized carbons (Fsp3) is 0.429. The highest BCUT2D eigenvalue weighted by Gasteiger charge is 2.26. The van der Waals surface area contributed by atoms with Crippen LogP contribution in [0, 0.1) is 6.92 Å². The molecular formula is C14H16N6OS. The molecule has 1 saturated heterocycles. The summed E-state index contributed by atoms with van der Waals surface area (Å²) < 4.78 is 7.65. The Hall–Kier alpha value is -2.06. The number of anilines is 1. The van der Waals surface area contributed by atoms with Crippen molar-refractivity contribution in [3.63, 3.8) is 0 Å². The first-order chi connectivity index (χ1) is 10.7. The molecule has 0 aliphatic carbocycles. The lowest BCUT2D eigenvalue weighted by Crippen LogP contribution is -2.39. The highest BCUT2D eigenvalue weighted by atomic mass is 32.1. The largest absolute Gasteiger partial charge is 0.367 e. The zero-order chi connectivity index (χ0) is 15.1. The van der Waals surface area contributed by atoms with Crippen LogP contribution in [0.3, 0.4) is 0 Å². The molecule has 1 fully saturated rings. The Labute approximate surface area is 131 Å². The van der Waals surface area contributed by atoms with Gasteiger partial charge in [-0.25, -0.2) is 15.0 Å². The summed E-state index contributed by atoms with van der Waals surface area (Å²) in [4.78, 5) is 15.5. The average molecular weight is 316 g/mol. The summed E-state index contributed by atoms with van der Waals surface area (Å²) >= 11 is 1.65. The minimum atomic E-state index is -0.00543. The Morgan fingerprint density at radius 3 is 3.09 bits per heavy atom. The highest BCUT2D eigenvalue weighted by molar-refractivity contribution is 7.09. The van der Waals surface area contributed by atoms with Gasteiger partial charge in [-0.3, -0.25) is 4.68 Å². The van der Waals surface area contributed by atoms with E-state index in [9.17, 15) is 0 Å². The minimum absolute atomic E-state index is 0.00543. The molecule has 3 aromatic heterocycles. The van der Waals surface area contributed by atoms with Crippen LogP contribution in [0.15, 0.2) is 17.9 Å². The Bertz CT molecular complexity index is 813. The molecule has 1 aliphatic rings. The van der Waals surface area contributed by atoms with Crippen molar-refractivity contribution in [2.24, 2.45) is 7.05 Å². The second-order valence-electron chi connectivity index (χ2n) is 5.34. The van der Waals surface area contributed by atoms with Gasteiger partial charge < -0.3 is 9.64 Å². The summed E-state index contributed by atoms with van der Waals surface area (Å²) in [6, 6.07) is 0. The quantitative estimate of drug-likeness (QED) is 0.717. The molecule has 0 saturated carbocycles. The monoisotopic (exact) mass is 316 g/mol. The molecule has 0 bridgehead atoms. The summed E-state index contributed by atoms with van der Waals surface area (Å²) in [5.41, 5.74) is 1.88. The first-order valence-corrected chi connectivity index (χ1v) is 8.01. The fourth-order valence-corrected chi connectivity index (χ4v) is 3.55. The van der Waals surface area contributed by atoms with E-state index in [4.69, 9.17) is 4.74 Å². The van der Waals surface area contributed by atoms with Gasteiger partial charge in [0.15, 0.2) is 5.65 Å². The number of morpholine rings is 1. The Kier molecular flexibility index (Phi) is 3.27. The van der Waals surface area contributed by atoms with Gasteiger partial charge in [-0.05, 0) is 6.92 Å². The smallest absolute Gasteiger partial charge is 0.163 e. The third-order valence-corrected chi connectivity index (χ3v) is 4.84. The number of aryl methyl sites for hydroxylation is 2. The predicted molar refractivity (Wildman–Crippen MR) is 84.1 cm³/mol. The molecule has 3 aromatic rings. The highest BCUT2D eigenvalue weighted by Crippen LogP contribution is 2.29. The van der Waals surface area contributed by atoms with Gasteiger partial charge in [-0.2, -0.15) is 5.10 Å². The van der Waals surface area contributed by atoms with Crippen LogP contribution in [0.25, 0.3) is 11.0 Å². The van der Waals surface area contributed by atoms with Crippen molar-refractivity contribution in [2.75, 3.05) is 24.6 Å². The molecule has 0 spiro atoms. The molecule has 1 aliphatic heterocycles. The van der Waals surface area contributed by atoms with E-state index in [1.807, 2.05) is 20.2 Å². The molecule has 1 atom stereocenters. The van der Waals surface area contributed by atoms with E-state index in [0.29, 0.717) is 6.61 Å². The zero-order valence-electron chi connectivity index (χ0n) is 12.4. The molecular weight excluding hydrogens is 300 g/mol. The molecule has 0 aromatic carbocycles. The van der Waals surface area contributed by atoms with Crippen LogP contribution < -0.4 is 4.90 Å². The summed E-state index contributed by atoms with van der Waals surface area (Å²) in [5, 5.41) is 8.33. The predicted octanol–water partition coefficient (Wildman–Crippen LogP) is 1.71. The molecule has 4 heterocycles. The molecule has 0 N–H and O–H groups in total. The third-order valence-electron chi connectivity index (χ3n) is 3.79. The Morgan fingerprint density at radius 1 is 1.36 bits per heavy atom. The van der Waals surface area contributed by atoms with E-state index in [1.165, 1.54) is 0 Å². The number of hydrogen-bond acceptors (Lipinski definition) is 7. The zero-order valence-corrected chi connectivity index (χ0v) is 13.2. The van der Waals surface area contributed by atoms with Gasteiger partial charge in [0.2, 0.25) is 0 Å². The van der Waals surface area contributed by atoms with Crippen molar-refractivity contribution in [1.29, 1.82) is 0 Å². The molecule has 22 heavy (non-hydrogen) atoms. The third kappa shape index (κ3) is 2.24. The number of thiazole rings is 1. The number of nitrogens with zero attached hydrogens (tertiary/aromatic N) is 6. The van der Waals surface area contributed by atoms with E-state index >= 15 is 0 Å². The Balaban J connectivity index is 1.66. The van der Waals surface area contributed by atoms with E-state index in [1.54, 1.807) is 22.3 Å². The second-order valence-corrected chi connectivity index (χ2v) is 6.22. The molecule has 8 heteroatoms. The number of ether oxygens (including phenoxy) is 1. The average Bonchev–Trinajstić information content (AvgIpc) is 3.14. The first kappa shape index (κ1) is 13.6. The topological polar surface area (TPSA) is 69.0 Å². The number of hydrogen-bond donors (Lipinski definition) is 0. The lowest BCUT2D eigenvalue weighted by Gasteiger charge is -2.32. The minimum Gasteiger partial charge on any atom is -0.367 e. The van der Waals surface area contributed by atoms with Crippen molar-refractivity contribution in [3.8, 4) is 0 Å². The van der Waals surface area contributed by atoms with Crippen molar-refractivity contribution < 1.29 is 4.74 Å². The van der Waals surface area contributed by atoms with Gasteiger partial charge in [-0.1, -0.05) is 0 Å². The van der Waals surface area contributed by atoms with E-state index in [0.717, 1.165) is 40.6 Å². The summed E-state index contributed by atoms with van der Waals surface area (Å²) in [5.74, 6) is 0.916. The van der Waals surface area contributed by atoms with Crippen molar-refractivity contribution in [3.05, 3.63) is 28.6 Å². The second kappa shape index (κ2) is 5.29. The maximum atomic E-state index is 5.89. The van der Waals surface area contributed by atoms with Gasteiger partial charge >= 0.3 is 0 Å². The van der Waals surface area contributed by atoms with Crippen LogP contribution in [0.1, 0.15) is 16.8 Å². The summed E-state index contributed by atoms with van der Waals surface area (Å²) in [6.45, 7) is 4.22. The standard InChI is InChI=1S/C14H16N6OS/c1-9-7-22-14(18-9)11-6-20(3-4-21-11)13-10-5-17-19(2)12(10)15-8-16-13/h5,7-8,11H,3-4,6H2,1-2H3/t11-/m1/s1. The van der Waals surface area contributed by atoms with E-state index in [2.05, 4.69) is 30.3 Å². The fourth-order valence-electron chi connectivity index (χ4n) is 2.71. The summed E-state index contributed by atoms with van der Waals surface area (Å²) in [6.07, 6.45) is 3.41. The van der Waals surface area contributed by atoms with Gasteiger partial charge in [-0.15, -0.1) is 11.3 Å². The molecule has 114 valence electrons. The van der Waals surface area contributed by atoms with Crippen molar-refractivity contribution in [2.45, 2.75) is 13.0 Å². The first-order valence-electron chi connectivity index (χ1n) is 7.13. The normalized spacial score (nSPS) is 19.0. The van der Waals surface area contributed by atoms with Crippen LogP contribution in [0.5, 0.6) is 0 Å². The SMILES string of the molecule is Cc1csc([C@H]2CN(c3ncnc4c3cnn4C)CCO2)n1. The molecule has 7 nitrogen and oxygen atoms in total. The lowest BCUT2D eigenvalue weighted by atomic mass is 10.2. The number of fused-ring (bicyclic) bond motifs is 1. The van der Waals surface area contributed by atoms with Gasteiger partial charge in [0.1, 0.15) is 23.3 Å². The number of aromatic nitrogens is 5. The van der Waals surface area contributed by atoms with Crippen LogP contribution in [0.2, 0.25) is 0 Å². The maximum Gasteiger partial charge on any atom is 0.163 e. The van der Waals surface area contributed by atoms with Crippen molar-refractivity contribution in [1.82, 2.24) is 24.7 Å². The van der Waals surface area contributed by atoms with Gasteiger partial charge in [0.05, 0.1) is 24.7 Å². The van der Waals surface area contributed by atoms with Crippen LogP contribution in [-0.2, 0) is 11.8 Å².